The second kappa shape index (κ2) is 19.0. The maximum Gasteiger partial charge on any atom is 0.187 e. The molecule has 8 heterocycles. The zero-order valence-electron chi connectivity index (χ0n) is 50.6. The lowest BCUT2D eigenvalue weighted by Gasteiger charge is -2.39. The van der Waals surface area contributed by atoms with Crippen LogP contribution in [0.1, 0.15) is 50.4 Å². The predicted octanol–water partition coefficient (Wildman–Crippen LogP) is 20.3. The standard InChI is InChI=1S/C85H47N9O/c1-87-51-27-31-64-65(40-51)56-14-2-3-20-63(56)82(64)50-39-70-83(89-46-50)84-71(42-55(47-90-84)94-75-24-12-6-17-59(75)60-18-7-13-25-76(60)94)85(70)68-32-28-53(91-72-21-9-4-15-57(72)58-16-5-10-22-73(58)91)43-80(68)95-81-44-54(29-33-69(81)85)92-77-34-26-49(45-86)38-66(77)67-41-52(30-35-78(67)92)93-74-23-11-8-19-61(74)62-36-37-88-48-79(62)93/h2-44,46-48,82H. The molecule has 11 aromatic carbocycles. The lowest BCUT2D eigenvalue weighted by molar-refractivity contribution is 0.435. The minimum absolute atomic E-state index is 0.177. The third-order valence-electron chi connectivity index (χ3n) is 20.7. The minimum Gasteiger partial charge on any atom is -0.457 e. The molecule has 0 saturated carbocycles. The number of hydrogen-bond acceptors (Lipinski definition) is 5. The van der Waals surface area contributed by atoms with Crippen LogP contribution in [-0.2, 0) is 5.41 Å². The van der Waals surface area contributed by atoms with Gasteiger partial charge in [0, 0.05) is 113 Å². The number of nitrogens with zero attached hydrogens (tertiary/aromatic N) is 9. The van der Waals surface area contributed by atoms with Crippen molar-refractivity contribution in [3.63, 3.8) is 0 Å². The van der Waals surface area contributed by atoms with E-state index in [0.29, 0.717) is 22.7 Å². The second-order valence-electron chi connectivity index (χ2n) is 25.2. The summed E-state index contributed by atoms with van der Waals surface area (Å²) in [6.45, 7) is 8.04. The Labute approximate surface area is 542 Å². The van der Waals surface area contributed by atoms with Crippen LogP contribution in [0.5, 0.6) is 11.5 Å². The SMILES string of the molecule is [C-]#[N+]c1ccc2c(c1)-c1ccccc1C2c1cnc2c(c1)C1(c3ccc(-n4c5ccccc5c5ccccc54)cc3Oc3cc(-n4c5ccc(C#N)cc5c5cc(-n6c7ccccc7c7ccncc76)ccc54)ccc31)c1cc(-n3c4ccccc4c4ccccc43)cnc1-2. The molecule has 0 radical (unpaired) electrons. The summed E-state index contributed by atoms with van der Waals surface area (Å²) in [6.07, 6.45) is 7.88. The highest BCUT2D eigenvalue weighted by Crippen LogP contribution is 2.63. The lowest BCUT2D eigenvalue weighted by Crippen LogP contribution is -2.33. The Bertz CT molecular complexity index is 6420. The molecule has 0 saturated heterocycles. The van der Waals surface area contributed by atoms with Gasteiger partial charge in [0.15, 0.2) is 5.69 Å². The average molecular weight is 1210 g/mol. The van der Waals surface area contributed by atoms with E-state index < -0.39 is 5.41 Å². The Morgan fingerprint density at radius 2 is 0.874 bits per heavy atom. The maximum atomic E-state index is 10.5. The molecule has 0 bridgehead atoms. The summed E-state index contributed by atoms with van der Waals surface area (Å²) in [5.41, 5.74) is 23.3. The van der Waals surface area contributed by atoms with E-state index in [2.05, 4.69) is 271 Å². The van der Waals surface area contributed by atoms with Crippen molar-refractivity contribution in [3.05, 3.63) is 335 Å². The highest BCUT2D eigenvalue weighted by atomic mass is 16.5. The van der Waals surface area contributed by atoms with Crippen LogP contribution in [0.15, 0.2) is 280 Å². The lowest BCUT2D eigenvalue weighted by atomic mass is 9.66. The van der Waals surface area contributed by atoms with Crippen LogP contribution in [0.2, 0.25) is 0 Å². The van der Waals surface area contributed by atoms with E-state index in [4.69, 9.17) is 21.3 Å². The molecule has 2 atom stereocenters. The van der Waals surface area contributed by atoms with Crippen molar-refractivity contribution in [2.24, 2.45) is 0 Å². The molecule has 2 aliphatic carbocycles. The van der Waals surface area contributed by atoms with Gasteiger partial charge in [0.1, 0.15) is 11.5 Å². The number of ether oxygens (including phenoxy) is 1. The van der Waals surface area contributed by atoms with Crippen molar-refractivity contribution < 1.29 is 4.74 Å². The molecular weight excluding hydrogens is 1160 g/mol. The molecule has 10 heteroatoms. The Morgan fingerprint density at radius 1 is 0.389 bits per heavy atom. The Morgan fingerprint density at radius 3 is 1.48 bits per heavy atom. The number of rotatable bonds is 5. The van der Waals surface area contributed by atoms with E-state index in [-0.39, 0.29) is 5.92 Å². The van der Waals surface area contributed by atoms with Crippen molar-refractivity contribution in [1.29, 1.82) is 5.26 Å². The summed E-state index contributed by atoms with van der Waals surface area (Å²) in [6, 6.07) is 93.3. The topological polar surface area (TPSA) is 95.8 Å². The van der Waals surface area contributed by atoms with Crippen LogP contribution >= 0.6 is 0 Å². The fraction of sp³-hybridized carbons (Fsp3) is 0.0235. The van der Waals surface area contributed by atoms with Gasteiger partial charge < -0.3 is 23.0 Å². The monoisotopic (exact) mass is 1210 g/mol. The summed E-state index contributed by atoms with van der Waals surface area (Å²) >= 11 is 0. The normalized spacial score (nSPS) is 14.9. The minimum atomic E-state index is -1.07. The number of hydrogen-bond donors (Lipinski definition) is 0. The van der Waals surface area contributed by atoms with Crippen molar-refractivity contribution >= 4 is 92.9 Å². The van der Waals surface area contributed by atoms with E-state index in [1.807, 2.05) is 42.9 Å². The quantitative estimate of drug-likeness (QED) is 0.160. The van der Waals surface area contributed by atoms with E-state index in [0.717, 1.165) is 155 Å². The number of para-hydroxylation sites is 5. The van der Waals surface area contributed by atoms with Crippen molar-refractivity contribution in [2.45, 2.75) is 11.3 Å². The van der Waals surface area contributed by atoms with E-state index >= 15 is 0 Å². The molecule has 3 aliphatic rings. The zero-order valence-corrected chi connectivity index (χ0v) is 50.6. The Hall–Kier alpha value is -13.2. The first-order chi connectivity index (χ1) is 47.0. The molecule has 10 nitrogen and oxygen atoms in total. The molecule has 95 heavy (non-hydrogen) atoms. The molecular formula is C85H47N9O. The van der Waals surface area contributed by atoms with Gasteiger partial charge in [-0.15, -0.1) is 0 Å². The fourth-order valence-corrected chi connectivity index (χ4v) is 16.9. The van der Waals surface area contributed by atoms with Crippen molar-refractivity contribution in [3.8, 4) is 62.8 Å². The van der Waals surface area contributed by atoms with E-state index in [9.17, 15) is 5.26 Å². The van der Waals surface area contributed by atoms with Gasteiger partial charge in [0.25, 0.3) is 0 Å². The number of fused-ring (bicyclic) bond motifs is 24. The van der Waals surface area contributed by atoms with Gasteiger partial charge in [-0.25, -0.2) is 4.85 Å². The number of pyridine rings is 3. The summed E-state index contributed by atoms with van der Waals surface area (Å²) in [4.78, 5) is 19.8. The number of aromatic nitrogens is 7. The zero-order chi connectivity index (χ0) is 62.4. The summed E-state index contributed by atoms with van der Waals surface area (Å²) < 4.78 is 17.0. The van der Waals surface area contributed by atoms with E-state index in [1.54, 1.807) is 0 Å². The van der Waals surface area contributed by atoms with Crippen molar-refractivity contribution in [1.82, 2.24) is 33.2 Å². The van der Waals surface area contributed by atoms with Gasteiger partial charge in [-0.2, -0.15) is 5.26 Å². The van der Waals surface area contributed by atoms with Gasteiger partial charge in [-0.3, -0.25) is 15.0 Å². The highest BCUT2D eigenvalue weighted by molar-refractivity contribution is 6.14. The van der Waals surface area contributed by atoms with Gasteiger partial charge >= 0.3 is 0 Å². The molecule has 1 spiro atoms. The Kier molecular flexibility index (Phi) is 10.3. The smallest absolute Gasteiger partial charge is 0.187 e. The first-order valence-corrected chi connectivity index (χ1v) is 31.9. The number of nitriles is 1. The summed E-state index contributed by atoms with van der Waals surface area (Å²) in [5, 5.41) is 19.4. The number of benzene rings is 11. The third-order valence-corrected chi connectivity index (χ3v) is 20.7. The van der Waals surface area contributed by atoms with Crippen molar-refractivity contribution in [2.75, 3.05) is 0 Å². The summed E-state index contributed by atoms with van der Waals surface area (Å²) in [5.74, 6) is 1.21. The third kappa shape index (κ3) is 6.85. The molecule has 0 fully saturated rings. The average Bonchev–Trinajstić information content (AvgIpc) is 1.56. The van der Waals surface area contributed by atoms with Crippen LogP contribution in [0, 0.1) is 17.9 Å². The molecule has 21 rings (SSSR count). The van der Waals surface area contributed by atoms with Gasteiger partial charge in [0.2, 0.25) is 0 Å². The van der Waals surface area contributed by atoms with Gasteiger partial charge in [-0.05, 0) is 131 Å². The van der Waals surface area contributed by atoms with Gasteiger partial charge in [0.05, 0.1) is 97.2 Å². The largest absolute Gasteiger partial charge is 0.457 e. The molecule has 0 N–H and O–H groups in total. The van der Waals surface area contributed by atoms with Crippen LogP contribution in [0.25, 0.3) is 137 Å². The van der Waals surface area contributed by atoms with Crippen LogP contribution in [0.3, 0.4) is 0 Å². The fourth-order valence-electron chi connectivity index (χ4n) is 16.9. The van der Waals surface area contributed by atoms with E-state index in [1.165, 1.54) is 16.3 Å². The first-order valence-electron chi connectivity index (χ1n) is 31.9. The highest BCUT2D eigenvalue weighted by Gasteiger charge is 2.54. The molecule has 1 aliphatic heterocycles. The van der Waals surface area contributed by atoms with Crippen LogP contribution in [-0.4, -0.2) is 33.2 Å². The maximum absolute atomic E-state index is 10.5. The second-order valence-corrected chi connectivity index (χ2v) is 25.2. The van der Waals surface area contributed by atoms with Crippen LogP contribution in [0.4, 0.5) is 5.69 Å². The van der Waals surface area contributed by atoms with Crippen LogP contribution < -0.4 is 4.74 Å². The molecule has 2 unspecified atom stereocenters. The predicted molar refractivity (Wildman–Crippen MR) is 378 cm³/mol. The molecule has 438 valence electrons. The molecule has 7 aromatic heterocycles. The summed E-state index contributed by atoms with van der Waals surface area (Å²) in [7, 11) is 0. The Balaban J connectivity index is 0.852. The van der Waals surface area contributed by atoms with Gasteiger partial charge in [-0.1, -0.05) is 140 Å². The molecule has 0 amide bonds. The first kappa shape index (κ1) is 51.6. The molecule has 18 aromatic rings.